The highest BCUT2D eigenvalue weighted by atomic mass is 16.4. The van der Waals surface area contributed by atoms with Gasteiger partial charge in [0.1, 0.15) is 5.82 Å². The fraction of sp³-hybridized carbons (Fsp3) is 0.400. The molecule has 120 valence electrons. The molecular weight excluding hydrogens is 296 g/mol. The van der Waals surface area contributed by atoms with E-state index in [9.17, 15) is 4.79 Å². The standard InChI is InChI=1S/C15H18N6O2/c1-8-7-9(2)21(15(22)17-8)6-5-16-13-12-14(19-10(3)18-13)23-11(4)20-12/h7H,5-6H2,1-4H3,(H,16,18,19). The Balaban J connectivity index is 1.81. The molecule has 8 nitrogen and oxygen atoms in total. The molecule has 3 aromatic heterocycles. The molecule has 0 amide bonds. The molecule has 0 aliphatic carbocycles. The molecule has 0 fully saturated rings. The van der Waals surface area contributed by atoms with Gasteiger partial charge in [-0.2, -0.15) is 9.97 Å². The molecule has 0 bridgehead atoms. The Kier molecular flexibility index (Phi) is 3.81. The van der Waals surface area contributed by atoms with Crippen LogP contribution in [0.15, 0.2) is 15.3 Å². The van der Waals surface area contributed by atoms with Crippen LogP contribution in [0.3, 0.4) is 0 Å². The van der Waals surface area contributed by atoms with Crippen LogP contribution < -0.4 is 11.0 Å². The van der Waals surface area contributed by atoms with Crippen molar-refractivity contribution in [2.24, 2.45) is 0 Å². The first-order valence-corrected chi connectivity index (χ1v) is 7.35. The highest BCUT2D eigenvalue weighted by Gasteiger charge is 2.12. The highest BCUT2D eigenvalue weighted by molar-refractivity contribution is 5.81. The zero-order valence-corrected chi connectivity index (χ0v) is 13.5. The number of anilines is 1. The second-order valence-corrected chi connectivity index (χ2v) is 5.41. The summed E-state index contributed by atoms with van der Waals surface area (Å²) in [6.45, 7) is 8.26. The largest absolute Gasteiger partial charge is 0.422 e. The van der Waals surface area contributed by atoms with Gasteiger partial charge in [-0.1, -0.05) is 0 Å². The molecule has 0 aliphatic heterocycles. The molecule has 0 aromatic carbocycles. The summed E-state index contributed by atoms with van der Waals surface area (Å²) in [5.41, 5.74) is 2.42. The number of hydrogen-bond acceptors (Lipinski definition) is 7. The topological polar surface area (TPSA) is 98.7 Å². The van der Waals surface area contributed by atoms with Crippen molar-refractivity contribution in [3.8, 4) is 0 Å². The van der Waals surface area contributed by atoms with E-state index in [0.717, 1.165) is 11.4 Å². The molecule has 8 heteroatoms. The molecule has 0 saturated heterocycles. The number of aromatic nitrogens is 5. The van der Waals surface area contributed by atoms with Crippen molar-refractivity contribution in [1.29, 1.82) is 0 Å². The minimum atomic E-state index is -0.245. The monoisotopic (exact) mass is 314 g/mol. The summed E-state index contributed by atoms with van der Waals surface area (Å²) in [5, 5.41) is 3.20. The van der Waals surface area contributed by atoms with E-state index >= 15 is 0 Å². The Morgan fingerprint density at radius 2 is 1.91 bits per heavy atom. The van der Waals surface area contributed by atoms with E-state index in [4.69, 9.17) is 4.42 Å². The maximum atomic E-state index is 11.9. The summed E-state index contributed by atoms with van der Waals surface area (Å²) in [4.78, 5) is 28.8. The average molecular weight is 314 g/mol. The normalized spacial score (nSPS) is 11.1. The van der Waals surface area contributed by atoms with Crippen LogP contribution in [-0.4, -0.2) is 31.0 Å². The first-order valence-electron chi connectivity index (χ1n) is 7.35. The summed E-state index contributed by atoms with van der Waals surface area (Å²) in [6, 6.07) is 1.88. The zero-order valence-electron chi connectivity index (χ0n) is 13.5. The minimum absolute atomic E-state index is 0.245. The third kappa shape index (κ3) is 3.05. The van der Waals surface area contributed by atoms with Gasteiger partial charge in [-0.3, -0.25) is 4.57 Å². The Bertz CT molecular complexity index is 928. The van der Waals surface area contributed by atoms with Crippen LogP contribution in [-0.2, 0) is 6.54 Å². The predicted molar refractivity (Wildman–Crippen MR) is 85.5 cm³/mol. The second kappa shape index (κ2) is 5.79. The Morgan fingerprint density at radius 1 is 1.13 bits per heavy atom. The zero-order chi connectivity index (χ0) is 16.6. The molecule has 3 rings (SSSR count). The Labute approximate surface area is 132 Å². The lowest BCUT2D eigenvalue weighted by atomic mass is 10.3. The molecule has 0 spiro atoms. The van der Waals surface area contributed by atoms with E-state index in [1.165, 1.54) is 0 Å². The number of rotatable bonds is 4. The van der Waals surface area contributed by atoms with Crippen LogP contribution in [0.4, 0.5) is 5.82 Å². The van der Waals surface area contributed by atoms with Crippen molar-refractivity contribution >= 4 is 17.0 Å². The van der Waals surface area contributed by atoms with Crippen LogP contribution in [0.25, 0.3) is 11.2 Å². The lowest BCUT2D eigenvalue weighted by Crippen LogP contribution is -2.28. The van der Waals surface area contributed by atoms with Gasteiger partial charge in [0.2, 0.25) is 0 Å². The number of nitrogens with zero attached hydrogens (tertiary/aromatic N) is 5. The fourth-order valence-electron chi connectivity index (χ4n) is 2.49. The van der Waals surface area contributed by atoms with E-state index in [-0.39, 0.29) is 5.69 Å². The lowest BCUT2D eigenvalue weighted by molar-refractivity contribution is 0.550. The van der Waals surface area contributed by atoms with Gasteiger partial charge in [0.05, 0.1) is 0 Å². The molecule has 23 heavy (non-hydrogen) atoms. The number of hydrogen-bond donors (Lipinski definition) is 1. The van der Waals surface area contributed by atoms with Crippen LogP contribution in [0.1, 0.15) is 23.1 Å². The van der Waals surface area contributed by atoms with E-state index in [1.807, 2.05) is 19.9 Å². The quantitative estimate of drug-likeness (QED) is 0.779. The number of aryl methyl sites for hydroxylation is 4. The first-order chi connectivity index (χ1) is 10.9. The Hall–Kier alpha value is -2.77. The summed E-state index contributed by atoms with van der Waals surface area (Å²) >= 11 is 0. The van der Waals surface area contributed by atoms with Gasteiger partial charge in [-0.15, -0.1) is 0 Å². The van der Waals surface area contributed by atoms with Crippen LogP contribution in [0.5, 0.6) is 0 Å². The molecule has 0 aliphatic rings. The van der Waals surface area contributed by atoms with Crippen molar-refractivity contribution in [3.05, 3.63) is 39.7 Å². The van der Waals surface area contributed by atoms with Gasteiger partial charge < -0.3 is 9.73 Å². The van der Waals surface area contributed by atoms with Crippen LogP contribution in [0.2, 0.25) is 0 Å². The molecule has 1 N–H and O–H groups in total. The minimum Gasteiger partial charge on any atom is -0.422 e. The van der Waals surface area contributed by atoms with Gasteiger partial charge in [0.25, 0.3) is 5.71 Å². The summed E-state index contributed by atoms with van der Waals surface area (Å²) in [7, 11) is 0. The molecule has 3 heterocycles. The predicted octanol–water partition coefficient (Wildman–Crippen LogP) is 1.52. The second-order valence-electron chi connectivity index (χ2n) is 5.41. The van der Waals surface area contributed by atoms with Gasteiger partial charge in [-0.05, 0) is 26.8 Å². The SMILES string of the molecule is Cc1cc(C)n(CCNc2nc(C)nc3oc(C)nc23)c(=O)n1. The molecule has 0 unspecified atom stereocenters. The van der Waals surface area contributed by atoms with Crippen LogP contribution in [0, 0.1) is 27.7 Å². The summed E-state index contributed by atoms with van der Waals surface area (Å²) in [6.07, 6.45) is 0. The van der Waals surface area contributed by atoms with Crippen LogP contribution >= 0.6 is 0 Å². The Morgan fingerprint density at radius 3 is 2.65 bits per heavy atom. The molecule has 0 atom stereocenters. The summed E-state index contributed by atoms with van der Waals surface area (Å²) in [5.74, 6) is 1.74. The number of oxazole rings is 1. The highest BCUT2D eigenvalue weighted by Crippen LogP contribution is 2.20. The first kappa shape index (κ1) is 15.1. The van der Waals surface area contributed by atoms with E-state index < -0.39 is 0 Å². The third-order valence-electron chi connectivity index (χ3n) is 3.45. The maximum absolute atomic E-state index is 11.9. The molecule has 0 saturated carbocycles. The number of fused-ring (bicyclic) bond motifs is 1. The maximum Gasteiger partial charge on any atom is 0.348 e. The van der Waals surface area contributed by atoms with Gasteiger partial charge in [0.15, 0.2) is 17.2 Å². The molecule has 3 aromatic rings. The molecule has 0 radical (unpaired) electrons. The van der Waals surface area contributed by atoms with Gasteiger partial charge in [0, 0.05) is 31.4 Å². The lowest BCUT2D eigenvalue weighted by Gasteiger charge is -2.11. The average Bonchev–Trinajstić information content (AvgIpc) is 2.81. The van der Waals surface area contributed by atoms with Crippen molar-refractivity contribution in [2.75, 3.05) is 11.9 Å². The number of nitrogens with one attached hydrogen (secondary N) is 1. The third-order valence-corrected chi connectivity index (χ3v) is 3.45. The molecular formula is C15H18N6O2. The van der Waals surface area contributed by atoms with Crippen molar-refractivity contribution in [2.45, 2.75) is 34.2 Å². The van der Waals surface area contributed by atoms with Crippen molar-refractivity contribution < 1.29 is 4.42 Å². The van der Waals surface area contributed by atoms with Crippen molar-refractivity contribution in [3.63, 3.8) is 0 Å². The van der Waals surface area contributed by atoms with E-state index in [2.05, 4.69) is 25.3 Å². The van der Waals surface area contributed by atoms with E-state index in [1.54, 1.807) is 18.4 Å². The van der Waals surface area contributed by atoms with Crippen molar-refractivity contribution in [1.82, 2.24) is 24.5 Å². The van der Waals surface area contributed by atoms with E-state index in [0.29, 0.717) is 41.9 Å². The van der Waals surface area contributed by atoms with Gasteiger partial charge >= 0.3 is 5.69 Å². The fourth-order valence-corrected chi connectivity index (χ4v) is 2.49. The smallest absolute Gasteiger partial charge is 0.348 e. The van der Waals surface area contributed by atoms with Gasteiger partial charge in [-0.25, -0.2) is 14.8 Å². The summed E-state index contributed by atoms with van der Waals surface area (Å²) < 4.78 is 7.06.